The van der Waals surface area contributed by atoms with Crippen LogP contribution in [0.4, 0.5) is 13.2 Å². The van der Waals surface area contributed by atoms with Crippen molar-refractivity contribution in [2.24, 2.45) is 0 Å². The number of hydrogen-bond donors (Lipinski definition) is 0. The van der Waals surface area contributed by atoms with Crippen LogP contribution in [0.2, 0.25) is 0 Å². The highest BCUT2D eigenvalue weighted by atomic mass is 19.4. The van der Waals surface area contributed by atoms with E-state index in [9.17, 15) is 13.2 Å². The maximum absolute atomic E-state index is 12.5. The van der Waals surface area contributed by atoms with E-state index in [1.54, 1.807) is 27.0 Å². The van der Waals surface area contributed by atoms with Gasteiger partial charge in [0.15, 0.2) is 5.75 Å². The molecule has 19 heavy (non-hydrogen) atoms. The maximum Gasteiger partial charge on any atom is 0.573 e. The lowest BCUT2D eigenvalue weighted by Crippen LogP contribution is -2.23. The largest absolute Gasteiger partial charge is 0.573 e. The summed E-state index contributed by atoms with van der Waals surface area (Å²) in [6.45, 7) is 11.1. The molecule has 1 aromatic heterocycles. The van der Waals surface area contributed by atoms with Crippen molar-refractivity contribution in [2.75, 3.05) is 0 Å². The molecule has 0 aliphatic heterocycles. The van der Waals surface area contributed by atoms with Crippen molar-refractivity contribution in [1.82, 2.24) is 4.98 Å². The minimum Gasteiger partial charge on any atom is -0.404 e. The van der Waals surface area contributed by atoms with E-state index in [2.05, 4.69) is 9.72 Å². The van der Waals surface area contributed by atoms with Crippen LogP contribution in [0, 0.1) is 0 Å². The molecule has 1 heterocycles. The number of ether oxygens (including phenoxy) is 1. The predicted octanol–water partition coefficient (Wildman–Crippen LogP) is 4.58. The molecule has 0 fully saturated rings. The van der Waals surface area contributed by atoms with E-state index < -0.39 is 11.8 Å². The Bertz CT molecular complexity index is 453. The van der Waals surface area contributed by atoms with Crippen molar-refractivity contribution < 1.29 is 17.9 Å². The molecule has 0 radical (unpaired) electrons. The molecular weight excluding hydrogens is 255 g/mol. The average Bonchev–Trinajstić information content (AvgIpc) is 2.11. The Kier molecular flexibility index (Phi) is 3.90. The molecule has 0 N–H and O–H groups in total. The van der Waals surface area contributed by atoms with E-state index in [0.29, 0.717) is 11.3 Å². The van der Waals surface area contributed by atoms with Crippen LogP contribution in [-0.4, -0.2) is 11.3 Å². The summed E-state index contributed by atoms with van der Waals surface area (Å²) in [4.78, 5) is 4.18. The smallest absolute Gasteiger partial charge is 0.404 e. The van der Waals surface area contributed by atoms with Gasteiger partial charge < -0.3 is 4.74 Å². The Morgan fingerprint density at radius 2 is 1.47 bits per heavy atom. The first-order chi connectivity index (χ1) is 8.31. The zero-order chi connectivity index (χ0) is 15.1. The zero-order valence-corrected chi connectivity index (χ0v) is 12.1. The van der Waals surface area contributed by atoms with Gasteiger partial charge in [0.2, 0.25) is 0 Å². The molecule has 0 saturated heterocycles. The summed E-state index contributed by atoms with van der Waals surface area (Å²) in [5, 5.41) is 0. The Balaban J connectivity index is 3.35. The van der Waals surface area contributed by atoms with Gasteiger partial charge in [-0.3, -0.25) is 4.98 Å². The quantitative estimate of drug-likeness (QED) is 0.748. The maximum atomic E-state index is 12.5. The van der Waals surface area contributed by atoms with Gasteiger partial charge in [-0.05, 0) is 17.0 Å². The van der Waals surface area contributed by atoms with E-state index in [0.717, 1.165) is 0 Å². The summed E-state index contributed by atoms with van der Waals surface area (Å²) in [5.41, 5.74) is 0.210. The third-order valence-electron chi connectivity index (χ3n) is 2.65. The third-order valence-corrected chi connectivity index (χ3v) is 2.65. The minimum atomic E-state index is -4.71. The van der Waals surface area contributed by atoms with Gasteiger partial charge in [0.1, 0.15) is 0 Å². The van der Waals surface area contributed by atoms with Crippen LogP contribution in [0.25, 0.3) is 0 Å². The van der Waals surface area contributed by atoms with Crippen LogP contribution >= 0.6 is 0 Å². The molecule has 0 aliphatic carbocycles. The highest BCUT2D eigenvalue weighted by molar-refractivity contribution is 5.38. The molecule has 0 atom stereocenters. The lowest BCUT2D eigenvalue weighted by Gasteiger charge is -2.25. The van der Waals surface area contributed by atoms with Crippen molar-refractivity contribution in [2.45, 2.75) is 58.7 Å². The molecule has 1 rings (SSSR count). The monoisotopic (exact) mass is 275 g/mol. The van der Waals surface area contributed by atoms with Crippen molar-refractivity contribution in [3.05, 3.63) is 23.5 Å². The van der Waals surface area contributed by atoms with Gasteiger partial charge in [-0.15, -0.1) is 13.2 Å². The molecule has 0 saturated carbocycles. The first-order valence-electron chi connectivity index (χ1n) is 6.07. The summed E-state index contributed by atoms with van der Waals surface area (Å²) >= 11 is 0. The molecular formula is C14H20F3NO. The lowest BCUT2D eigenvalue weighted by atomic mass is 9.85. The summed E-state index contributed by atoms with van der Waals surface area (Å²) in [6.07, 6.45) is -3.10. The second-order valence-electron chi connectivity index (χ2n) is 6.62. The number of halogens is 3. The standard InChI is InChI=1S/C14H20F3NO/c1-12(2,3)9-7-10(19-14(15,16)17)11(18-8-9)13(4,5)6/h7-8H,1-6H3. The first kappa shape index (κ1) is 15.8. The van der Waals surface area contributed by atoms with Crippen LogP contribution in [-0.2, 0) is 10.8 Å². The molecule has 108 valence electrons. The van der Waals surface area contributed by atoms with Crippen LogP contribution in [0.15, 0.2) is 12.3 Å². The summed E-state index contributed by atoms with van der Waals surface area (Å²) in [5.74, 6) is -0.215. The molecule has 2 nitrogen and oxygen atoms in total. The molecule has 0 unspecified atom stereocenters. The zero-order valence-electron chi connectivity index (χ0n) is 12.1. The molecule has 0 amide bonds. The van der Waals surface area contributed by atoms with Crippen molar-refractivity contribution in [3.8, 4) is 5.75 Å². The van der Waals surface area contributed by atoms with Crippen LogP contribution in [0.5, 0.6) is 5.75 Å². The highest BCUT2D eigenvalue weighted by Gasteiger charge is 2.35. The van der Waals surface area contributed by atoms with E-state index in [4.69, 9.17) is 0 Å². The molecule has 5 heteroatoms. The second-order valence-corrected chi connectivity index (χ2v) is 6.62. The fraction of sp³-hybridized carbons (Fsp3) is 0.643. The molecule has 0 aliphatic rings. The Morgan fingerprint density at radius 1 is 0.947 bits per heavy atom. The topological polar surface area (TPSA) is 22.1 Å². The minimum absolute atomic E-state index is 0.215. The summed E-state index contributed by atoms with van der Waals surface area (Å²) in [6, 6.07) is 1.43. The summed E-state index contributed by atoms with van der Waals surface area (Å²) < 4.78 is 41.6. The van der Waals surface area contributed by atoms with Gasteiger partial charge in [-0.25, -0.2) is 0 Å². The van der Waals surface area contributed by atoms with Crippen LogP contribution in [0.3, 0.4) is 0 Å². The Morgan fingerprint density at radius 3 is 1.84 bits per heavy atom. The Labute approximate surface area is 112 Å². The van der Waals surface area contributed by atoms with Gasteiger partial charge >= 0.3 is 6.36 Å². The first-order valence-corrected chi connectivity index (χ1v) is 6.07. The normalized spacial score (nSPS) is 13.5. The fourth-order valence-corrected chi connectivity index (χ4v) is 1.62. The third kappa shape index (κ3) is 4.40. The number of alkyl halides is 3. The van der Waals surface area contributed by atoms with E-state index in [1.807, 2.05) is 20.8 Å². The fourth-order valence-electron chi connectivity index (χ4n) is 1.62. The van der Waals surface area contributed by atoms with Gasteiger partial charge in [0.05, 0.1) is 5.69 Å². The number of nitrogens with zero attached hydrogens (tertiary/aromatic N) is 1. The van der Waals surface area contributed by atoms with Crippen LogP contribution in [0.1, 0.15) is 52.8 Å². The van der Waals surface area contributed by atoms with Gasteiger partial charge in [0.25, 0.3) is 0 Å². The number of pyridine rings is 1. The number of hydrogen-bond acceptors (Lipinski definition) is 2. The van der Waals surface area contributed by atoms with Gasteiger partial charge in [-0.1, -0.05) is 41.5 Å². The SMILES string of the molecule is CC(C)(C)c1cnc(C(C)(C)C)c(OC(F)(F)F)c1. The summed E-state index contributed by atoms with van der Waals surface area (Å²) in [7, 11) is 0. The van der Waals surface area contributed by atoms with Gasteiger partial charge in [-0.2, -0.15) is 0 Å². The highest BCUT2D eigenvalue weighted by Crippen LogP contribution is 2.35. The van der Waals surface area contributed by atoms with Crippen molar-refractivity contribution >= 4 is 0 Å². The number of aromatic nitrogens is 1. The van der Waals surface area contributed by atoms with Crippen molar-refractivity contribution in [1.29, 1.82) is 0 Å². The molecule has 0 bridgehead atoms. The van der Waals surface area contributed by atoms with E-state index >= 15 is 0 Å². The Hall–Kier alpha value is -1.26. The predicted molar refractivity (Wildman–Crippen MR) is 68.3 cm³/mol. The average molecular weight is 275 g/mol. The second kappa shape index (κ2) is 4.69. The van der Waals surface area contributed by atoms with Gasteiger partial charge in [0, 0.05) is 11.6 Å². The van der Waals surface area contributed by atoms with E-state index in [-0.39, 0.29) is 11.2 Å². The van der Waals surface area contributed by atoms with Crippen LogP contribution < -0.4 is 4.74 Å². The van der Waals surface area contributed by atoms with E-state index in [1.165, 1.54) is 6.07 Å². The molecule has 0 spiro atoms. The van der Waals surface area contributed by atoms with Crippen molar-refractivity contribution in [3.63, 3.8) is 0 Å². The number of rotatable bonds is 1. The lowest BCUT2D eigenvalue weighted by molar-refractivity contribution is -0.275. The molecule has 0 aromatic carbocycles. The molecule has 1 aromatic rings.